The number of amides is 1. The van der Waals surface area contributed by atoms with Crippen LogP contribution >= 0.6 is 0 Å². The Hall–Kier alpha value is -4.02. The number of hydrogen-bond acceptors (Lipinski definition) is 5. The number of aromatic nitrogens is 5. The summed E-state index contributed by atoms with van der Waals surface area (Å²) in [6.07, 6.45) is -2.92. The highest BCUT2D eigenvalue weighted by Gasteiger charge is 2.34. The number of carbonyl (C=O) groups excluding carboxylic acids is 1. The molecule has 4 rings (SSSR count). The summed E-state index contributed by atoms with van der Waals surface area (Å²) in [4.78, 5) is 25.3. The number of para-hydroxylation sites is 1. The predicted molar refractivity (Wildman–Crippen MR) is 108 cm³/mol. The quantitative estimate of drug-likeness (QED) is 0.524. The maximum Gasteiger partial charge on any atom is 0.418 e. The van der Waals surface area contributed by atoms with Crippen molar-refractivity contribution in [2.75, 3.05) is 0 Å². The van der Waals surface area contributed by atoms with Crippen molar-refractivity contribution in [3.05, 3.63) is 87.7 Å². The van der Waals surface area contributed by atoms with Crippen LogP contribution in [0.1, 0.15) is 40.5 Å². The largest absolute Gasteiger partial charge is 0.418 e. The van der Waals surface area contributed by atoms with Crippen LogP contribution in [-0.4, -0.2) is 30.3 Å². The monoisotopic (exact) mass is 442 g/mol. The average molecular weight is 442 g/mol. The van der Waals surface area contributed by atoms with Crippen molar-refractivity contribution >= 4 is 11.6 Å². The van der Waals surface area contributed by atoms with Crippen LogP contribution < -0.4 is 10.7 Å². The van der Waals surface area contributed by atoms with E-state index in [4.69, 9.17) is 0 Å². The summed E-state index contributed by atoms with van der Waals surface area (Å²) in [6, 6.07) is 10.5. The number of benzene rings is 1. The number of aryl methyl sites for hydroxylation is 1. The topological polar surface area (TPSA) is 94.2 Å². The van der Waals surface area contributed by atoms with Gasteiger partial charge in [0, 0.05) is 18.0 Å². The minimum atomic E-state index is -4.64. The number of alkyl halides is 3. The van der Waals surface area contributed by atoms with Crippen LogP contribution in [0.4, 0.5) is 13.2 Å². The van der Waals surface area contributed by atoms with E-state index in [0.717, 1.165) is 16.8 Å². The average Bonchev–Trinajstić information content (AvgIpc) is 3.17. The zero-order valence-corrected chi connectivity index (χ0v) is 17.0. The fourth-order valence-electron chi connectivity index (χ4n) is 3.33. The van der Waals surface area contributed by atoms with E-state index in [-0.39, 0.29) is 11.4 Å². The number of halogens is 3. The Bertz CT molecular complexity index is 1380. The molecule has 1 N–H and O–H groups in total. The molecule has 0 fully saturated rings. The predicted octanol–water partition coefficient (Wildman–Crippen LogP) is 3.09. The van der Waals surface area contributed by atoms with Gasteiger partial charge in [0.05, 0.1) is 17.3 Å². The summed E-state index contributed by atoms with van der Waals surface area (Å²) in [5, 5.41) is 14.6. The molecule has 0 bridgehead atoms. The molecular formula is C21H17F3N6O2. The molecule has 1 amide bonds. The van der Waals surface area contributed by atoms with E-state index >= 15 is 0 Å². The second kappa shape index (κ2) is 7.91. The zero-order chi connectivity index (χ0) is 23.0. The van der Waals surface area contributed by atoms with Gasteiger partial charge in [0.1, 0.15) is 0 Å². The van der Waals surface area contributed by atoms with E-state index in [0.29, 0.717) is 11.5 Å². The van der Waals surface area contributed by atoms with E-state index in [2.05, 4.69) is 20.6 Å². The van der Waals surface area contributed by atoms with Crippen LogP contribution in [0, 0.1) is 6.92 Å². The number of nitrogens with zero attached hydrogens (tertiary/aromatic N) is 5. The number of fused-ring (bicyclic) bond motifs is 1. The van der Waals surface area contributed by atoms with Gasteiger partial charge >= 0.3 is 6.18 Å². The lowest BCUT2D eigenvalue weighted by Gasteiger charge is -2.17. The van der Waals surface area contributed by atoms with Gasteiger partial charge < -0.3 is 5.32 Å². The lowest BCUT2D eigenvalue weighted by molar-refractivity contribution is -0.137. The first kappa shape index (κ1) is 21.2. The molecule has 3 heterocycles. The van der Waals surface area contributed by atoms with Gasteiger partial charge in [-0.15, -0.1) is 10.2 Å². The lowest BCUT2D eigenvalue weighted by atomic mass is 10.1. The van der Waals surface area contributed by atoms with Gasteiger partial charge in [0.2, 0.25) is 5.43 Å². The van der Waals surface area contributed by atoms with Crippen molar-refractivity contribution in [1.29, 1.82) is 0 Å². The first-order valence-corrected chi connectivity index (χ1v) is 9.55. The van der Waals surface area contributed by atoms with Gasteiger partial charge in [-0.25, -0.2) is 4.68 Å². The Labute approximate surface area is 179 Å². The van der Waals surface area contributed by atoms with Crippen molar-refractivity contribution in [2.45, 2.75) is 26.1 Å². The molecule has 32 heavy (non-hydrogen) atoms. The summed E-state index contributed by atoms with van der Waals surface area (Å²) in [7, 11) is 0. The normalized spacial score (nSPS) is 12.7. The number of pyridine rings is 1. The summed E-state index contributed by atoms with van der Waals surface area (Å²) in [5.41, 5.74) is -1.74. The molecule has 3 aromatic heterocycles. The molecule has 8 nitrogen and oxygen atoms in total. The Balaban J connectivity index is 1.71. The summed E-state index contributed by atoms with van der Waals surface area (Å²) in [6.45, 7) is 3.08. The molecular weight excluding hydrogens is 425 g/mol. The number of hydrogen-bond donors (Lipinski definition) is 1. The van der Waals surface area contributed by atoms with Crippen LogP contribution in [0.3, 0.4) is 0 Å². The maximum atomic E-state index is 13.5. The first-order chi connectivity index (χ1) is 15.2. The second-order valence-corrected chi connectivity index (χ2v) is 7.11. The Kier molecular flexibility index (Phi) is 5.25. The SMILES string of the molecule is Cc1cc(=O)c(C(=O)NC(C)c2nnc3ccccn23)nn1-c1ccccc1C(F)(F)F. The highest BCUT2D eigenvalue weighted by atomic mass is 19.4. The fraction of sp³-hybridized carbons (Fsp3) is 0.190. The van der Waals surface area contributed by atoms with Crippen LogP contribution in [-0.2, 0) is 6.18 Å². The number of rotatable bonds is 4. The molecule has 0 aliphatic rings. The van der Waals surface area contributed by atoms with E-state index in [1.165, 1.54) is 25.1 Å². The Morgan fingerprint density at radius 2 is 1.81 bits per heavy atom. The standard InChI is InChI=1S/C21H17F3N6O2/c1-12-11-16(31)18(28-30(12)15-8-4-3-7-14(15)21(22,23)24)20(32)25-13(2)19-27-26-17-9-5-6-10-29(17)19/h3-11,13H,1-2H3,(H,25,32). The molecule has 1 atom stereocenters. The molecule has 164 valence electrons. The molecule has 0 aliphatic carbocycles. The van der Waals surface area contributed by atoms with E-state index in [9.17, 15) is 22.8 Å². The van der Waals surface area contributed by atoms with Gasteiger partial charge in [-0.05, 0) is 38.1 Å². The van der Waals surface area contributed by atoms with E-state index in [1.54, 1.807) is 35.7 Å². The lowest BCUT2D eigenvalue weighted by Crippen LogP contribution is -2.34. The highest BCUT2D eigenvalue weighted by molar-refractivity contribution is 5.92. The molecule has 4 aromatic rings. The van der Waals surface area contributed by atoms with Crippen molar-refractivity contribution in [2.24, 2.45) is 0 Å². The smallest absolute Gasteiger partial charge is 0.341 e. The number of carbonyl (C=O) groups is 1. The number of nitrogens with one attached hydrogen (secondary N) is 1. The van der Waals surface area contributed by atoms with Crippen LogP contribution in [0.2, 0.25) is 0 Å². The van der Waals surface area contributed by atoms with Crippen LogP contribution in [0.25, 0.3) is 11.3 Å². The van der Waals surface area contributed by atoms with Gasteiger partial charge in [0.25, 0.3) is 5.91 Å². The van der Waals surface area contributed by atoms with Crippen molar-refractivity contribution in [3.63, 3.8) is 0 Å². The minimum absolute atomic E-state index is 0.153. The molecule has 0 saturated heterocycles. The van der Waals surface area contributed by atoms with E-state index < -0.39 is 34.8 Å². The minimum Gasteiger partial charge on any atom is -0.341 e. The summed E-state index contributed by atoms with van der Waals surface area (Å²) >= 11 is 0. The van der Waals surface area contributed by atoms with Crippen molar-refractivity contribution < 1.29 is 18.0 Å². The summed E-state index contributed by atoms with van der Waals surface area (Å²) in [5.74, 6) is -0.419. The molecule has 1 aromatic carbocycles. The molecule has 0 saturated carbocycles. The van der Waals surface area contributed by atoms with Gasteiger partial charge in [-0.2, -0.15) is 18.3 Å². The molecule has 0 spiro atoms. The van der Waals surface area contributed by atoms with Crippen molar-refractivity contribution in [1.82, 2.24) is 29.7 Å². The van der Waals surface area contributed by atoms with Crippen LogP contribution in [0.5, 0.6) is 0 Å². The molecule has 0 radical (unpaired) electrons. The van der Waals surface area contributed by atoms with Gasteiger partial charge in [0.15, 0.2) is 17.2 Å². The molecule has 1 unspecified atom stereocenters. The molecule has 0 aliphatic heterocycles. The molecule has 11 heteroatoms. The third-order valence-corrected chi connectivity index (χ3v) is 4.84. The van der Waals surface area contributed by atoms with E-state index in [1.807, 2.05) is 0 Å². The first-order valence-electron chi connectivity index (χ1n) is 9.55. The Morgan fingerprint density at radius 3 is 2.56 bits per heavy atom. The maximum absolute atomic E-state index is 13.5. The summed E-state index contributed by atoms with van der Waals surface area (Å²) < 4.78 is 43.0. The van der Waals surface area contributed by atoms with Gasteiger partial charge in [-0.3, -0.25) is 14.0 Å². The highest BCUT2D eigenvalue weighted by Crippen LogP contribution is 2.33. The Morgan fingerprint density at radius 1 is 1.09 bits per heavy atom. The third-order valence-electron chi connectivity index (χ3n) is 4.84. The third kappa shape index (κ3) is 3.84. The second-order valence-electron chi connectivity index (χ2n) is 7.11. The van der Waals surface area contributed by atoms with Crippen molar-refractivity contribution in [3.8, 4) is 5.69 Å². The fourth-order valence-corrected chi connectivity index (χ4v) is 3.33. The van der Waals surface area contributed by atoms with Gasteiger partial charge in [-0.1, -0.05) is 18.2 Å². The van der Waals surface area contributed by atoms with Crippen LogP contribution in [0.15, 0.2) is 59.5 Å². The zero-order valence-electron chi connectivity index (χ0n) is 17.0.